The molecule has 2 aliphatic carbocycles. The first kappa shape index (κ1) is 25.7. The van der Waals surface area contributed by atoms with E-state index in [-0.39, 0.29) is 23.2 Å². The van der Waals surface area contributed by atoms with Gasteiger partial charge in [0.1, 0.15) is 0 Å². The molecule has 2 aliphatic heterocycles. The van der Waals surface area contributed by atoms with Crippen molar-refractivity contribution in [2.24, 2.45) is 17.8 Å². The molecule has 2 aromatic heterocycles. The van der Waals surface area contributed by atoms with Gasteiger partial charge in [-0.15, -0.1) is 0 Å². The fraction of sp³-hybridized carbons (Fsp3) is 0.613. The highest BCUT2D eigenvalue weighted by Gasteiger charge is 2.46. The molecule has 2 saturated carbocycles. The SMILES string of the molecule is COc1cn(-c2nc3ccccc3n([C@H]3C[C@H]4CCC[C@@H](C3)N4[C@@H]3C[C@H]4CC[C@H](C)[C@H](C4)C3)c2=O)c(=O)[nH]c1=O. The molecule has 4 bridgehead atoms. The molecule has 212 valence electrons. The average Bonchev–Trinajstić information content (AvgIpc) is 2.94. The Labute approximate surface area is 233 Å². The highest BCUT2D eigenvalue weighted by molar-refractivity contribution is 5.75. The zero-order valence-corrected chi connectivity index (χ0v) is 23.4. The van der Waals surface area contributed by atoms with Gasteiger partial charge in [-0.25, -0.2) is 14.3 Å². The summed E-state index contributed by atoms with van der Waals surface area (Å²) < 4.78 is 8.15. The number of hydrogen-bond acceptors (Lipinski definition) is 6. The summed E-state index contributed by atoms with van der Waals surface area (Å²) in [4.78, 5) is 48.9. The highest BCUT2D eigenvalue weighted by Crippen LogP contribution is 2.49. The van der Waals surface area contributed by atoms with Crippen LogP contribution in [0.25, 0.3) is 16.9 Å². The lowest BCUT2D eigenvalue weighted by Crippen LogP contribution is -2.59. The van der Waals surface area contributed by atoms with Gasteiger partial charge in [-0.1, -0.05) is 38.3 Å². The number of rotatable bonds is 4. The summed E-state index contributed by atoms with van der Waals surface area (Å²) in [5, 5.41) is 0. The van der Waals surface area contributed by atoms with Crippen LogP contribution >= 0.6 is 0 Å². The molecule has 0 spiro atoms. The number of fused-ring (bicyclic) bond motifs is 5. The molecular weight excluding hydrogens is 506 g/mol. The van der Waals surface area contributed by atoms with Gasteiger partial charge >= 0.3 is 5.69 Å². The van der Waals surface area contributed by atoms with Gasteiger partial charge in [0, 0.05) is 24.2 Å². The van der Waals surface area contributed by atoms with Crippen molar-refractivity contribution in [2.45, 2.75) is 95.3 Å². The first-order valence-electron chi connectivity index (χ1n) is 15.1. The molecule has 9 nitrogen and oxygen atoms in total. The number of benzene rings is 1. The Kier molecular flexibility index (Phi) is 6.45. The molecule has 0 unspecified atom stereocenters. The minimum atomic E-state index is -0.707. The van der Waals surface area contributed by atoms with Crippen LogP contribution in [-0.2, 0) is 0 Å². The smallest absolute Gasteiger partial charge is 0.334 e. The van der Waals surface area contributed by atoms with Gasteiger partial charge in [0.15, 0.2) is 0 Å². The van der Waals surface area contributed by atoms with Crippen LogP contribution < -0.4 is 21.5 Å². The maximum absolute atomic E-state index is 14.2. The second-order valence-corrected chi connectivity index (χ2v) is 12.8. The lowest BCUT2D eigenvalue weighted by atomic mass is 9.64. The molecule has 7 atom stereocenters. The summed E-state index contributed by atoms with van der Waals surface area (Å²) >= 11 is 0. The lowest BCUT2D eigenvalue weighted by Gasteiger charge is -2.56. The average molecular weight is 546 g/mol. The van der Waals surface area contributed by atoms with Crippen molar-refractivity contribution in [2.75, 3.05) is 7.11 Å². The number of aromatic nitrogens is 4. The molecule has 40 heavy (non-hydrogen) atoms. The predicted molar refractivity (Wildman–Crippen MR) is 153 cm³/mol. The van der Waals surface area contributed by atoms with E-state index >= 15 is 0 Å². The molecule has 0 radical (unpaired) electrons. The van der Waals surface area contributed by atoms with Crippen LogP contribution in [0.3, 0.4) is 0 Å². The second kappa shape index (κ2) is 10.0. The maximum Gasteiger partial charge on any atom is 0.334 e. The van der Waals surface area contributed by atoms with Crippen molar-refractivity contribution in [1.29, 1.82) is 0 Å². The molecular formula is C31H39N5O4. The van der Waals surface area contributed by atoms with Crippen molar-refractivity contribution in [3.05, 3.63) is 61.7 Å². The molecule has 4 aliphatic rings. The fourth-order valence-corrected chi connectivity index (χ4v) is 8.74. The molecule has 1 N–H and O–H groups in total. The summed E-state index contributed by atoms with van der Waals surface area (Å²) in [6, 6.07) is 9.28. The maximum atomic E-state index is 14.2. The third-order valence-electron chi connectivity index (χ3n) is 10.6. The fourth-order valence-electron chi connectivity index (χ4n) is 8.74. The van der Waals surface area contributed by atoms with Crippen LogP contribution in [0.4, 0.5) is 0 Å². The molecule has 1 aromatic carbocycles. The Balaban J connectivity index is 1.28. The molecule has 2 saturated heterocycles. The summed E-state index contributed by atoms with van der Waals surface area (Å²) in [7, 11) is 1.36. The third kappa shape index (κ3) is 4.24. The van der Waals surface area contributed by atoms with Crippen molar-refractivity contribution in [1.82, 2.24) is 24.0 Å². The summed E-state index contributed by atoms with van der Waals surface area (Å²) in [6.07, 6.45) is 13.6. The zero-order chi connectivity index (χ0) is 27.5. The van der Waals surface area contributed by atoms with Gasteiger partial charge in [-0.3, -0.25) is 19.5 Å². The van der Waals surface area contributed by atoms with Gasteiger partial charge in [0.25, 0.3) is 11.1 Å². The van der Waals surface area contributed by atoms with E-state index < -0.39 is 11.2 Å². The van der Waals surface area contributed by atoms with Gasteiger partial charge < -0.3 is 9.30 Å². The topological polar surface area (TPSA) is 102 Å². The lowest BCUT2D eigenvalue weighted by molar-refractivity contribution is -0.0551. The summed E-state index contributed by atoms with van der Waals surface area (Å²) in [5.41, 5.74) is -0.214. The van der Waals surface area contributed by atoms with Gasteiger partial charge in [0.05, 0.1) is 24.3 Å². The quantitative estimate of drug-likeness (QED) is 0.532. The number of methoxy groups -OCH3 is 1. The van der Waals surface area contributed by atoms with E-state index in [4.69, 9.17) is 4.74 Å². The Morgan fingerprint density at radius 2 is 1.68 bits per heavy atom. The number of aromatic amines is 1. The van der Waals surface area contributed by atoms with Crippen molar-refractivity contribution in [3.63, 3.8) is 0 Å². The Hall–Kier alpha value is -3.20. The number of nitrogens with zero attached hydrogens (tertiary/aromatic N) is 4. The second-order valence-electron chi connectivity index (χ2n) is 12.8. The van der Waals surface area contributed by atoms with Crippen LogP contribution in [0.1, 0.15) is 77.2 Å². The van der Waals surface area contributed by atoms with E-state index in [1.165, 1.54) is 64.7 Å². The minimum absolute atomic E-state index is 0.0140. The summed E-state index contributed by atoms with van der Waals surface area (Å²) in [6.45, 7) is 2.46. The van der Waals surface area contributed by atoms with E-state index in [1.807, 2.05) is 28.8 Å². The number of piperidine rings is 2. The van der Waals surface area contributed by atoms with Crippen LogP contribution in [0.2, 0.25) is 0 Å². The predicted octanol–water partition coefficient (Wildman–Crippen LogP) is 4.02. The normalized spacial score (nSPS) is 32.2. The number of H-pyrrole nitrogens is 1. The first-order chi connectivity index (χ1) is 19.4. The number of ether oxygens (including phenoxy) is 1. The van der Waals surface area contributed by atoms with Crippen LogP contribution in [0, 0.1) is 17.8 Å². The van der Waals surface area contributed by atoms with Crippen molar-refractivity contribution >= 4 is 11.0 Å². The van der Waals surface area contributed by atoms with Crippen LogP contribution in [0.15, 0.2) is 44.8 Å². The molecule has 4 heterocycles. The number of nitrogens with one attached hydrogen (secondary N) is 1. The van der Waals surface area contributed by atoms with Crippen molar-refractivity contribution < 1.29 is 4.74 Å². The number of hydrogen-bond donors (Lipinski definition) is 1. The minimum Gasteiger partial charge on any atom is -0.490 e. The van der Waals surface area contributed by atoms with Gasteiger partial charge in [-0.05, 0) is 74.8 Å². The Morgan fingerprint density at radius 1 is 0.900 bits per heavy atom. The van der Waals surface area contributed by atoms with E-state index in [2.05, 4.69) is 21.8 Å². The summed E-state index contributed by atoms with van der Waals surface area (Å²) in [5.74, 6) is 2.51. The van der Waals surface area contributed by atoms with E-state index in [0.29, 0.717) is 23.6 Å². The van der Waals surface area contributed by atoms with E-state index in [0.717, 1.165) is 40.7 Å². The third-order valence-corrected chi connectivity index (χ3v) is 10.6. The monoisotopic (exact) mass is 545 g/mol. The Bertz CT molecular complexity index is 1590. The zero-order valence-electron chi connectivity index (χ0n) is 23.4. The van der Waals surface area contributed by atoms with Crippen molar-refractivity contribution in [3.8, 4) is 11.6 Å². The molecule has 0 amide bonds. The van der Waals surface area contributed by atoms with Gasteiger partial charge in [0.2, 0.25) is 11.6 Å². The first-order valence-corrected chi connectivity index (χ1v) is 15.1. The van der Waals surface area contributed by atoms with Crippen LogP contribution in [-0.4, -0.2) is 49.2 Å². The highest BCUT2D eigenvalue weighted by atomic mass is 16.5. The largest absolute Gasteiger partial charge is 0.490 e. The van der Waals surface area contributed by atoms with E-state index in [1.54, 1.807) is 0 Å². The molecule has 3 aromatic rings. The Morgan fingerprint density at radius 3 is 2.45 bits per heavy atom. The molecule has 4 fully saturated rings. The van der Waals surface area contributed by atoms with Crippen LogP contribution in [0.5, 0.6) is 5.75 Å². The molecule has 9 heteroatoms. The standard InChI is InChI=1S/C31H39N5O4/c1-18-10-11-19-12-20(18)14-23(13-19)35-21-6-5-7-22(35)16-24(15-21)36-26-9-4-3-8-25(26)32-28(30(36)38)34-17-27(40-2)29(37)33-31(34)39/h3-4,8-9,17-24H,5-7,10-16H2,1-2H3,(H,33,37,39)/t18-,19-,20+,21-,22+,23+,24+/m0/s1. The van der Waals surface area contributed by atoms with Gasteiger partial charge in [-0.2, -0.15) is 0 Å². The molecule has 7 rings (SSSR count). The van der Waals surface area contributed by atoms with E-state index in [9.17, 15) is 14.4 Å². The number of para-hydroxylation sites is 2.